The molecule has 0 fully saturated rings. The van der Waals surface area contributed by atoms with Gasteiger partial charge in [0.1, 0.15) is 0 Å². The quantitative estimate of drug-likeness (QED) is 0.371. The fourth-order valence-corrected chi connectivity index (χ4v) is 0.616. The van der Waals surface area contributed by atoms with Crippen molar-refractivity contribution in [2.75, 3.05) is 0 Å². The van der Waals surface area contributed by atoms with Crippen LogP contribution in [0.2, 0.25) is 0 Å². The standard InChI is InChI=1S/C10H14O4/c1-3-5-7-9(11)13-14-10(12)8-6-4-2/h3-4H,1-2,5-8H2. The van der Waals surface area contributed by atoms with Gasteiger partial charge in [-0.05, 0) is 12.8 Å². The van der Waals surface area contributed by atoms with Crippen LogP contribution in [0.3, 0.4) is 0 Å². The number of rotatable bonds is 6. The Morgan fingerprint density at radius 2 is 1.29 bits per heavy atom. The zero-order chi connectivity index (χ0) is 10.8. The first-order valence-electron chi connectivity index (χ1n) is 4.32. The van der Waals surface area contributed by atoms with E-state index >= 15 is 0 Å². The van der Waals surface area contributed by atoms with Gasteiger partial charge >= 0.3 is 11.9 Å². The lowest BCUT2D eigenvalue weighted by Gasteiger charge is -2.00. The van der Waals surface area contributed by atoms with E-state index in [2.05, 4.69) is 22.9 Å². The fraction of sp³-hybridized carbons (Fsp3) is 0.400. The van der Waals surface area contributed by atoms with E-state index in [-0.39, 0.29) is 12.8 Å². The monoisotopic (exact) mass is 198 g/mol. The Bertz CT molecular complexity index is 196. The first-order valence-corrected chi connectivity index (χ1v) is 4.32. The predicted molar refractivity (Wildman–Crippen MR) is 51.0 cm³/mol. The highest BCUT2D eigenvalue weighted by molar-refractivity contribution is 5.72. The van der Waals surface area contributed by atoms with Crippen LogP contribution in [0.1, 0.15) is 25.7 Å². The molecule has 0 saturated carbocycles. The van der Waals surface area contributed by atoms with Gasteiger partial charge in [-0.15, -0.1) is 13.2 Å². The molecule has 0 aliphatic carbocycles. The molecule has 0 rings (SSSR count). The number of carbonyl (C=O) groups is 2. The Morgan fingerprint density at radius 1 is 0.929 bits per heavy atom. The molecule has 4 nitrogen and oxygen atoms in total. The van der Waals surface area contributed by atoms with Crippen molar-refractivity contribution in [2.24, 2.45) is 0 Å². The Hall–Kier alpha value is -1.58. The van der Waals surface area contributed by atoms with E-state index < -0.39 is 11.9 Å². The molecule has 0 amide bonds. The molecule has 0 radical (unpaired) electrons. The van der Waals surface area contributed by atoms with E-state index in [1.807, 2.05) is 0 Å². The van der Waals surface area contributed by atoms with Crippen LogP contribution >= 0.6 is 0 Å². The molecule has 0 bridgehead atoms. The van der Waals surface area contributed by atoms with Gasteiger partial charge in [0.25, 0.3) is 0 Å². The Balaban J connectivity index is 3.50. The molecule has 0 aromatic heterocycles. The van der Waals surface area contributed by atoms with Crippen molar-refractivity contribution in [2.45, 2.75) is 25.7 Å². The molecule has 4 heteroatoms. The molecule has 0 atom stereocenters. The lowest BCUT2D eigenvalue weighted by atomic mass is 10.3. The van der Waals surface area contributed by atoms with Crippen molar-refractivity contribution in [1.82, 2.24) is 0 Å². The molecule has 0 N–H and O–H groups in total. The zero-order valence-electron chi connectivity index (χ0n) is 8.03. The summed E-state index contributed by atoms with van der Waals surface area (Å²) in [6.45, 7) is 6.88. The molecule has 78 valence electrons. The molecular formula is C10H14O4. The van der Waals surface area contributed by atoms with E-state index in [1.54, 1.807) is 12.2 Å². The third kappa shape index (κ3) is 7.09. The highest BCUT2D eigenvalue weighted by atomic mass is 17.2. The molecular weight excluding hydrogens is 184 g/mol. The summed E-state index contributed by atoms with van der Waals surface area (Å²) in [5.41, 5.74) is 0. The van der Waals surface area contributed by atoms with E-state index in [0.29, 0.717) is 12.8 Å². The number of hydrogen-bond donors (Lipinski definition) is 0. The van der Waals surface area contributed by atoms with Crippen LogP contribution in [0.4, 0.5) is 0 Å². The smallest absolute Gasteiger partial charge is 0.247 e. The molecule has 14 heavy (non-hydrogen) atoms. The van der Waals surface area contributed by atoms with Gasteiger partial charge in [-0.25, -0.2) is 19.4 Å². The molecule has 0 unspecified atom stereocenters. The number of carbonyl (C=O) groups excluding carboxylic acids is 2. The molecule has 0 heterocycles. The van der Waals surface area contributed by atoms with Crippen LogP contribution < -0.4 is 0 Å². The average molecular weight is 198 g/mol. The van der Waals surface area contributed by atoms with Gasteiger partial charge in [-0.1, -0.05) is 12.2 Å². The summed E-state index contributed by atoms with van der Waals surface area (Å²) in [5, 5.41) is 0. The number of hydrogen-bond acceptors (Lipinski definition) is 4. The maximum absolute atomic E-state index is 10.8. The van der Waals surface area contributed by atoms with Gasteiger partial charge in [0.15, 0.2) is 0 Å². The van der Waals surface area contributed by atoms with E-state index in [1.165, 1.54) is 0 Å². The Kier molecular flexibility index (Phi) is 7.13. The van der Waals surface area contributed by atoms with Gasteiger partial charge in [-0.2, -0.15) is 0 Å². The highest BCUT2D eigenvalue weighted by Gasteiger charge is 2.07. The minimum absolute atomic E-state index is 0.165. The van der Waals surface area contributed by atoms with Gasteiger partial charge in [0, 0.05) is 0 Å². The lowest BCUT2D eigenvalue weighted by Crippen LogP contribution is -2.10. The van der Waals surface area contributed by atoms with Crippen molar-refractivity contribution in [3.63, 3.8) is 0 Å². The molecule has 0 saturated heterocycles. The fourth-order valence-electron chi connectivity index (χ4n) is 0.616. The normalized spacial score (nSPS) is 8.86. The van der Waals surface area contributed by atoms with Crippen molar-refractivity contribution in [3.05, 3.63) is 25.3 Å². The Morgan fingerprint density at radius 3 is 1.57 bits per heavy atom. The van der Waals surface area contributed by atoms with Crippen LogP contribution in [0, 0.1) is 0 Å². The van der Waals surface area contributed by atoms with Crippen LogP contribution in [0.25, 0.3) is 0 Å². The van der Waals surface area contributed by atoms with Crippen molar-refractivity contribution < 1.29 is 19.4 Å². The van der Waals surface area contributed by atoms with E-state index in [0.717, 1.165) is 0 Å². The minimum atomic E-state index is -0.572. The largest absolute Gasteiger partial charge is 0.355 e. The maximum Gasteiger partial charge on any atom is 0.355 e. The molecule has 0 aliphatic rings. The van der Waals surface area contributed by atoms with Crippen molar-refractivity contribution in [1.29, 1.82) is 0 Å². The molecule has 0 aromatic carbocycles. The Labute approximate surface area is 83.1 Å². The van der Waals surface area contributed by atoms with Gasteiger partial charge in [0.2, 0.25) is 0 Å². The third-order valence-corrected chi connectivity index (χ3v) is 1.33. The first kappa shape index (κ1) is 12.4. The van der Waals surface area contributed by atoms with Gasteiger partial charge in [-0.3, -0.25) is 0 Å². The van der Waals surface area contributed by atoms with Gasteiger partial charge < -0.3 is 0 Å². The van der Waals surface area contributed by atoms with Crippen molar-refractivity contribution >= 4 is 11.9 Å². The van der Waals surface area contributed by atoms with E-state index in [4.69, 9.17) is 0 Å². The van der Waals surface area contributed by atoms with Crippen LogP contribution in [0.15, 0.2) is 25.3 Å². The van der Waals surface area contributed by atoms with Gasteiger partial charge in [0.05, 0.1) is 12.8 Å². The topological polar surface area (TPSA) is 52.6 Å². The molecule has 0 spiro atoms. The molecule has 0 aliphatic heterocycles. The average Bonchev–Trinajstić information content (AvgIpc) is 2.20. The predicted octanol–water partition coefficient (Wildman–Crippen LogP) is 1.92. The number of allylic oxidation sites excluding steroid dienone is 2. The summed E-state index contributed by atoms with van der Waals surface area (Å²) >= 11 is 0. The van der Waals surface area contributed by atoms with Crippen LogP contribution in [-0.2, 0) is 19.4 Å². The molecule has 0 aromatic rings. The lowest BCUT2D eigenvalue weighted by molar-refractivity contribution is -0.259. The SMILES string of the molecule is C=CCCC(=O)OOC(=O)CCC=C. The summed E-state index contributed by atoms with van der Waals surface area (Å²) in [5.74, 6) is -1.14. The highest BCUT2D eigenvalue weighted by Crippen LogP contribution is 1.97. The summed E-state index contributed by atoms with van der Waals surface area (Å²) in [6, 6.07) is 0. The summed E-state index contributed by atoms with van der Waals surface area (Å²) in [6.07, 6.45) is 4.50. The third-order valence-electron chi connectivity index (χ3n) is 1.33. The van der Waals surface area contributed by atoms with Crippen LogP contribution in [0.5, 0.6) is 0 Å². The summed E-state index contributed by atoms with van der Waals surface area (Å²) < 4.78 is 0. The van der Waals surface area contributed by atoms with Crippen molar-refractivity contribution in [3.8, 4) is 0 Å². The van der Waals surface area contributed by atoms with Crippen LogP contribution in [-0.4, -0.2) is 11.9 Å². The first-order chi connectivity index (χ1) is 6.70. The zero-order valence-corrected chi connectivity index (χ0v) is 8.03. The maximum atomic E-state index is 10.8. The second-order valence-electron chi connectivity index (χ2n) is 2.57. The second-order valence-corrected chi connectivity index (χ2v) is 2.57. The van der Waals surface area contributed by atoms with E-state index in [9.17, 15) is 9.59 Å². The summed E-state index contributed by atoms with van der Waals surface area (Å²) in [4.78, 5) is 30.1. The second kappa shape index (κ2) is 8.04. The summed E-state index contributed by atoms with van der Waals surface area (Å²) in [7, 11) is 0. The minimum Gasteiger partial charge on any atom is -0.247 e.